The molecule has 2 aliphatic heterocycles. The minimum absolute atomic E-state index is 0.0623. The van der Waals surface area contributed by atoms with Crippen molar-refractivity contribution in [3.05, 3.63) is 47.5 Å². The molecule has 2 aromatic rings. The van der Waals surface area contributed by atoms with Crippen LogP contribution in [0.4, 0.5) is 0 Å². The highest BCUT2D eigenvalue weighted by Gasteiger charge is 2.33. The van der Waals surface area contributed by atoms with Gasteiger partial charge in [0.05, 0.1) is 20.0 Å². The lowest BCUT2D eigenvalue weighted by atomic mass is 10.1. The summed E-state index contributed by atoms with van der Waals surface area (Å²) in [5.74, 6) is 3.38. The van der Waals surface area contributed by atoms with Crippen molar-refractivity contribution in [1.82, 2.24) is 4.90 Å². The lowest BCUT2D eigenvalue weighted by Crippen LogP contribution is -2.27. The van der Waals surface area contributed by atoms with Crippen LogP contribution in [0.3, 0.4) is 0 Å². The number of thioether (sulfide) groups is 1. The molecular formula is C19H19NO5S. The zero-order valence-electron chi connectivity index (χ0n) is 14.6. The van der Waals surface area contributed by atoms with E-state index in [2.05, 4.69) is 0 Å². The summed E-state index contributed by atoms with van der Waals surface area (Å²) in [6, 6.07) is 11.6. The molecule has 2 heterocycles. The molecule has 4 rings (SSSR count). The van der Waals surface area contributed by atoms with Crippen LogP contribution >= 0.6 is 11.8 Å². The summed E-state index contributed by atoms with van der Waals surface area (Å²) in [6.07, 6.45) is 0. The number of carbonyl (C=O) groups is 1. The van der Waals surface area contributed by atoms with Crippen molar-refractivity contribution in [3.8, 4) is 23.0 Å². The Morgan fingerprint density at radius 1 is 1.08 bits per heavy atom. The average Bonchev–Trinajstić information content (AvgIpc) is 3.28. The smallest absolute Gasteiger partial charge is 0.234 e. The molecule has 0 saturated carbocycles. The van der Waals surface area contributed by atoms with Gasteiger partial charge in [0.25, 0.3) is 0 Å². The Bertz CT molecular complexity index is 841. The predicted octanol–water partition coefficient (Wildman–Crippen LogP) is 3.21. The third kappa shape index (κ3) is 3.03. The zero-order valence-corrected chi connectivity index (χ0v) is 15.4. The molecule has 0 bridgehead atoms. The maximum Gasteiger partial charge on any atom is 0.234 e. The van der Waals surface area contributed by atoms with Crippen LogP contribution in [0.15, 0.2) is 36.4 Å². The highest BCUT2D eigenvalue weighted by molar-refractivity contribution is 8.00. The molecule has 1 fully saturated rings. The monoisotopic (exact) mass is 373 g/mol. The van der Waals surface area contributed by atoms with E-state index >= 15 is 0 Å². The number of methoxy groups -OCH3 is 2. The molecule has 26 heavy (non-hydrogen) atoms. The zero-order chi connectivity index (χ0) is 18.1. The third-order valence-electron chi connectivity index (χ3n) is 4.45. The molecular weight excluding hydrogens is 354 g/mol. The lowest BCUT2D eigenvalue weighted by Gasteiger charge is -2.25. The maximum absolute atomic E-state index is 12.5. The fourth-order valence-corrected chi connectivity index (χ4v) is 4.32. The van der Waals surface area contributed by atoms with Gasteiger partial charge in [0.15, 0.2) is 23.0 Å². The molecule has 0 N–H and O–H groups in total. The summed E-state index contributed by atoms with van der Waals surface area (Å²) in [4.78, 5) is 14.3. The van der Waals surface area contributed by atoms with Crippen molar-refractivity contribution in [1.29, 1.82) is 0 Å². The van der Waals surface area contributed by atoms with E-state index in [1.807, 2.05) is 41.3 Å². The number of ether oxygens (including phenoxy) is 4. The Kier molecular flexibility index (Phi) is 4.55. The van der Waals surface area contributed by atoms with Crippen LogP contribution in [0.2, 0.25) is 0 Å². The van der Waals surface area contributed by atoms with Crippen LogP contribution in [-0.2, 0) is 11.3 Å². The van der Waals surface area contributed by atoms with Gasteiger partial charge in [-0.2, -0.15) is 0 Å². The Hall–Kier alpha value is -2.54. The van der Waals surface area contributed by atoms with Gasteiger partial charge in [-0.1, -0.05) is 12.1 Å². The topological polar surface area (TPSA) is 57.2 Å². The average molecular weight is 373 g/mol. The Balaban J connectivity index is 1.59. The first-order chi connectivity index (χ1) is 12.7. The minimum Gasteiger partial charge on any atom is -0.493 e. The van der Waals surface area contributed by atoms with Crippen molar-refractivity contribution in [2.45, 2.75) is 11.9 Å². The van der Waals surface area contributed by atoms with Crippen LogP contribution in [0.1, 0.15) is 16.5 Å². The fourth-order valence-electron chi connectivity index (χ4n) is 3.14. The minimum atomic E-state index is -0.0623. The molecule has 2 aromatic carbocycles. The van der Waals surface area contributed by atoms with E-state index in [0.717, 1.165) is 22.6 Å². The summed E-state index contributed by atoms with van der Waals surface area (Å²) in [7, 11) is 3.22. The van der Waals surface area contributed by atoms with E-state index < -0.39 is 0 Å². The van der Waals surface area contributed by atoms with Crippen LogP contribution < -0.4 is 18.9 Å². The molecule has 0 radical (unpaired) electrons. The molecule has 1 atom stereocenters. The lowest BCUT2D eigenvalue weighted by molar-refractivity contribution is -0.128. The third-order valence-corrected chi connectivity index (χ3v) is 5.71. The molecule has 2 aliphatic rings. The number of rotatable bonds is 5. The number of amides is 1. The number of nitrogens with zero attached hydrogens (tertiary/aromatic N) is 1. The second kappa shape index (κ2) is 6.99. The van der Waals surface area contributed by atoms with Crippen molar-refractivity contribution < 1.29 is 23.7 Å². The highest BCUT2D eigenvalue weighted by Crippen LogP contribution is 2.43. The summed E-state index contributed by atoms with van der Waals surface area (Å²) in [6.45, 7) is 0.757. The number of fused-ring (bicyclic) bond motifs is 1. The first kappa shape index (κ1) is 16.9. The number of hydrogen-bond donors (Lipinski definition) is 0. The van der Waals surface area contributed by atoms with Crippen LogP contribution in [0.25, 0.3) is 0 Å². The maximum atomic E-state index is 12.5. The van der Waals surface area contributed by atoms with Gasteiger partial charge in [-0.15, -0.1) is 11.8 Å². The molecule has 0 aromatic heterocycles. The highest BCUT2D eigenvalue weighted by atomic mass is 32.2. The molecule has 136 valence electrons. The van der Waals surface area contributed by atoms with Gasteiger partial charge in [-0.25, -0.2) is 0 Å². The van der Waals surface area contributed by atoms with E-state index in [0.29, 0.717) is 23.8 Å². The van der Waals surface area contributed by atoms with E-state index in [-0.39, 0.29) is 18.1 Å². The molecule has 1 amide bonds. The molecule has 6 nitrogen and oxygen atoms in total. The van der Waals surface area contributed by atoms with Gasteiger partial charge in [0.1, 0.15) is 5.37 Å². The SMILES string of the molecule is COc1ccc(C2SCC(=O)N2Cc2ccc3c(c2)OCO3)cc1OC. The van der Waals surface area contributed by atoms with E-state index in [1.165, 1.54) is 0 Å². The van der Waals surface area contributed by atoms with Crippen LogP contribution in [0.5, 0.6) is 23.0 Å². The standard InChI is InChI=1S/C19H19NO5S/c1-22-14-6-4-13(8-16(14)23-2)19-20(18(21)10-26-19)9-12-3-5-15-17(7-12)25-11-24-15/h3-8,19H,9-11H2,1-2H3. The normalized spacial score (nSPS) is 18.3. The van der Waals surface area contributed by atoms with Gasteiger partial charge < -0.3 is 23.8 Å². The Morgan fingerprint density at radius 3 is 2.69 bits per heavy atom. The quantitative estimate of drug-likeness (QED) is 0.802. The summed E-state index contributed by atoms with van der Waals surface area (Å²) < 4.78 is 21.5. The largest absolute Gasteiger partial charge is 0.493 e. The number of carbonyl (C=O) groups excluding carboxylic acids is 1. The Morgan fingerprint density at radius 2 is 1.88 bits per heavy atom. The van der Waals surface area contributed by atoms with Gasteiger partial charge in [-0.05, 0) is 35.4 Å². The molecule has 0 spiro atoms. The first-order valence-electron chi connectivity index (χ1n) is 8.21. The molecule has 1 unspecified atom stereocenters. The van der Waals surface area contributed by atoms with E-state index in [1.54, 1.807) is 26.0 Å². The molecule has 7 heteroatoms. The van der Waals surface area contributed by atoms with Crippen molar-refractivity contribution in [2.24, 2.45) is 0 Å². The van der Waals surface area contributed by atoms with Crippen molar-refractivity contribution in [3.63, 3.8) is 0 Å². The van der Waals surface area contributed by atoms with Crippen LogP contribution in [0, 0.1) is 0 Å². The van der Waals surface area contributed by atoms with E-state index in [9.17, 15) is 4.79 Å². The summed E-state index contributed by atoms with van der Waals surface area (Å²) in [5.41, 5.74) is 2.02. The number of hydrogen-bond acceptors (Lipinski definition) is 6. The summed E-state index contributed by atoms with van der Waals surface area (Å²) in [5, 5.41) is -0.0623. The van der Waals surface area contributed by atoms with Gasteiger partial charge in [-0.3, -0.25) is 4.79 Å². The van der Waals surface area contributed by atoms with E-state index in [4.69, 9.17) is 18.9 Å². The van der Waals surface area contributed by atoms with Gasteiger partial charge >= 0.3 is 0 Å². The molecule has 1 saturated heterocycles. The second-order valence-corrected chi connectivity index (χ2v) is 7.06. The predicted molar refractivity (Wildman–Crippen MR) is 97.9 cm³/mol. The van der Waals surface area contributed by atoms with Crippen molar-refractivity contribution in [2.75, 3.05) is 26.8 Å². The van der Waals surface area contributed by atoms with Gasteiger partial charge in [0.2, 0.25) is 12.7 Å². The van der Waals surface area contributed by atoms with Crippen LogP contribution in [-0.4, -0.2) is 37.6 Å². The molecule has 0 aliphatic carbocycles. The first-order valence-corrected chi connectivity index (χ1v) is 9.26. The fraction of sp³-hybridized carbons (Fsp3) is 0.316. The second-order valence-electron chi connectivity index (χ2n) is 5.99. The summed E-state index contributed by atoms with van der Waals surface area (Å²) >= 11 is 1.61. The Labute approximate surface area is 156 Å². The van der Waals surface area contributed by atoms with Gasteiger partial charge in [0, 0.05) is 6.54 Å². The van der Waals surface area contributed by atoms with Crippen molar-refractivity contribution >= 4 is 17.7 Å². The number of benzene rings is 2.